The largest absolute Gasteiger partial charge is 0.497 e. The van der Waals surface area contributed by atoms with Gasteiger partial charge in [-0.05, 0) is 48.4 Å². The van der Waals surface area contributed by atoms with Crippen LogP contribution < -0.4 is 4.74 Å². The molecule has 0 saturated heterocycles. The number of ether oxygens (including phenoxy) is 1. The maximum Gasteiger partial charge on any atom is 0.172 e. The molecule has 0 atom stereocenters. The van der Waals surface area contributed by atoms with E-state index in [0.717, 1.165) is 22.6 Å². The van der Waals surface area contributed by atoms with Crippen LogP contribution in [0.5, 0.6) is 5.75 Å². The van der Waals surface area contributed by atoms with Gasteiger partial charge >= 0.3 is 0 Å². The zero-order valence-electron chi connectivity index (χ0n) is 11.4. The smallest absolute Gasteiger partial charge is 0.172 e. The highest BCUT2D eigenvalue weighted by Gasteiger charge is 2.23. The van der Waals surface area contributed by atoms with E-state index in [-0.39, 0.29) is 5.78 Å². The van der Waals surface area contributed by atoms with Crippen LogP contribution in [0.4, 0.5) is 5.82 Å². The summed E-state index contributed by atoms with van der Waals surface area (Å²) in [4.78, 5) is 21.0. The van der Waals surface area contributed by atoms with Crippen LogP contribution in [0.2, 0.25) is 0 Å². The molecule has 0 fully saturated rings. The van der Waals surface area contributed by atoms with Crippen LogP contribution in [-0.4, -0.2) is 23.6 Å². The lowest BCUT2D eigenvalue weighted by Gasteiger charge is -2.15. The lowest BCUT2D eigenvalue weighted by Crippen LogP contribution is -2.16. The Morgan fingerprint density at radius 3 is 2.60 bits per heavy atom. The average molecular weight is 266 g/mol. The van der Waals surface area contributed by atoms with Crippen LogP contribution in [0.25, 0.3) is 0 Å². The zero-order valence-corrected chi connectivity index (χ0v) is 11.4. The van der Waals surface area contributed by atoms with E-state index in [2.05, 4.69) is 9.98 Å². The Bertz CT molecular complexity index is 703. The predicted octanol–water partition coefficient (Wildman–Crippen LogP) is 3.11. The summed E-state index contributed by atoms with van der Waals surface area (Å²) in [6, 6.07) is 9.38. The molecule has 1 aromatic carbocycles. The molecule has 1 aliphatic rings. The van der Waals surface area contributed by atoms with Gasteiger partial charge < -0.3 is 4.74 Å². The van der Waals surface area contributed by atoms with Gasteiger partial charge in [0.15, 0.2) is 11.6 Å². The second kappa shape index (κ2) is 4.89. The van der Waals surface area contributed by atoms with Crippen molar-refractivity contribution in [3.63, 3.8) is 0 Å². The van der Waals surface area contributed by atoms with Crippen molar-refractivity contribution in [2.24, 2.45) is 4.99 Å². The Balaban J connectivity index is 2.05. The average Bonchev–Trinajstić information content (AvgIpc) is 2.47. The molecule has 20 heavy (non-hydrogen) atoms. The van der Waals surface area contributed by atoms with Gasteiger partial charge in [-0.15, -0.1) is 0 Å². The second-order valence-electron chi connectivity index (χ2n) is 4.71. The summed E-state index contributed by atoms with van der Waals surface area (Å²) in [6.45, 7) is 1.91. The normalized spacial score (nSPS) is 13.7. The van der Waals surface area contributed by atoms with Gasteiger partial charge in [0.2, 0.25) is 0 Å². The number of aromatic nitrogens is 1. The number of aliphatic imine (C=N–C) groups is 1. The van der Waals surface area contributed by atoms with Crippen LogP contribution in [0.1, 0.15) is 27.9 Å². The minimum absolute atomic E-state index is 0.0754. The quantitative estimate of drug-likeness (QED) is 0.839. The number of Topliss-reactive ketones (excluding diaryl/α,β-unsaturated/α-hetero) is 1. The van der Waals surface area contributed by atoms with E-state index < -0.39 is 0 Å². The van der Waals surface area contributed by atoms with E-state index in [4.69, 9.17) is 4.74 Å². The highest BCUT2D eigenvalue weighted by molar-refractivity contribution is 6.20. The molecule has 0 amide bonds. The number of methoxy groups -OCH3 is 1. The maximum atomic E-state index is 12.3. The van der Waals surface area contributed by atoms with Crippen LogP contribution >= 0.6 is 0 Å². The van der Waals surface area contributed by atoms with Gasteiger partial charge in [-0.3, -0.25) is 4.79 Å². The molecule has 4 nitrogen and oxygen atoms in total. The summed E-state index contributed by atoms with van der Waals surface area (Å²) in [5.41, 5.74) is 3.25. The van der Waals surface area contributed by atoms with Gasteiger partial charge in [-0.25, -0.2) is 9.98 Å². The lowest BCUT2D eigenvalue weighted by atomic mass is 9.95. The first kappa shape index (κ1) is 12.5. The Labute approximate surface area is 117 Å². The fourth-order valence-electron chi connectivity index (χ4n) is 2.33. The molecule has 1 aliphatic heterocycles. The van der Waals surface area contributed by atoms with Crippen LogP contribution in [0.3, 0.4) is 0 Å². The number of ketones is 1. The van der Waals surface area contributed by atoms with E-state index in [1.165, 1.54) is 0 Å². The predicted molar refractivity (Wildman–Crippen MR) is 77.1 cm³/mol. The molecule has 0 aliphatic carbocycles. The van der Waals surface area contributed by atoms with Crippen molar-refractivity contribution in [2.45, 2.75) is 13.3 Å². The van der Waals surface area contributed by atoms with E-state index in [9.17, 15) is 4.79 Å². The molecule has 0 bridgehead atoms. The number of hydrogen-bond acceptors (Lipinski definition) is 4. The highest BCUT2D eigenvalue weighted by Crippen LogP contribution is 2.28. The third-order valence-corrected chi connectivity index (χ3v) is 3.41. The molecular weight excluding hydrogens is 252 g/mol. The fourth-order valence-corrected chi connectivity index (χ4v) is 2.33. The summed E-state index contributed by atoms with van der Waals surface area (Å²) in [5.74, 6) is 1.38. The first-order valence-electron chi connectivity index (χ1n) is 6.40. The van der Waals surface area contributed by atoms with Crippen molar-refractivity contribution in [3.05, 3.63) is 53.2 Å². The van der Waals surface area contributed by atoms with Gasteiger partial charge in [-0.2, -0.15) is 0 Å². The lowest BCUT2D eigenvalue weighted by molar-refractivity contribution is 0.0999. The van der Waals surface area contributed by atoms with E-state index >= 15 is 0 Å². The topological polar surface area (TPSA) is 51.6 Å². The third kappa shape index (κ3) is 2.09. The van der Waals surface area contributed by atoms with Crippen molar-refractivity contribution in [2.75, 3.05) is 7.11 Å². The molecular formula is C16H14N2O2. The van der Waals surface area contributed by atoms with Crippen LogP contribution in [0.15, 0.2) is 41.5 Å². The molecule has 0 unspecified atom stereocenters. The molecule has 0 N–H and O–H groups in total. The molecule has 0 radical (unpaired) electrons. The molecule has 4 heteroatoms. The number of carbonyl (C=O) groups excluding carboxylic acids is 1. The van der Waals surface area contributed by atoms with Crippen molar-refractivity contribution >= 4 is 17.3 Å². The molecule has 2 heterocycles. The van der Waals surface area contributed by atoms with Crippen molar-refractivity contribution in [3.8, 4) is 5.75 Å². The van der Waals surface area contributed by atoms with Crippen molar-refractivity contribution in [1.29, 1.82) is 0 Å². The summed E-state index contributed by atoms with van der Waals surface area (Å²) in [7, 11) is 1.62. The van der Waals surface area contributed by atoms with Gasteiger partial charge in [0.1, 0.15) is 5.75 Å². The monoisotopic (exact) mass is 266 g/mol. The Morgan fingerprint density at radius 2 is 1.90 bits per heavy atom. The molecule has 2 aromatic rings. The fraction of sp³-hybridized carbons (Fsp3) is 0.188. The zero-order chi connectivity index (χ0) is 14.1. The number of carbonyl (C=O) groups is 1. The number of hydrogen-bond donors (Lipinski definition) is 0. The van der Waals surface area contributed by atoms with Crippen molar-refractivity contribution < 1.29 is 9.53 Å². The first-order chi connectivity index (χ1) is 9.69. The number of pyridine rings is 1. The number of fused-ring (bicyclic) bond motifs is 1. The summed E-state index contributed by atoms with van der Waals surface area (Å²) in [5, 5.41) is 0. The molecule has 1 aromatic heterocycles. The SMILES string of the molecule is COc1ccc(C2=Nc3nccc(C)c3C(=O)C2)cc1. The Hall–Kier alpha value is -2.49. The molecule has 0 spiro atoms. The third-order valence-electron chi connectivity index (χ3n) is 3.41. The van der Waals surface area contributed by atoms with Gasteiger partial charge in [0, 0.05) is 6.20 Å². The van der Waals surface area contributed by atoms with E-state index in [0.29, 0.717) is 17.8 Å². The minimum atomic E-state index is 0.0754. The first-order valence-corrected chi connectivity index (χ1v) is 6.40. The van der Waals surface area contributed by atoms with Crippen LogP contribution in [0, 0.1) is 6.92 Å². The summed E-state index contributed by atoms with van der Waals surface area (Å²) in [6.07, 6.45) is 1.99. The minimum Gasteiger partial charge on any atom is -0.497 e. The maximum absolute atomic E-state index is 12.3. The van der Waals surface area contributed by atoms with E-state index in [1.807, 2.05) is 37.3 Å². The Morgan fingerprint density at radius 1 is 1.15 bits per heavy atom. The number of benzene rings is 1. The number of aryl methyl sites for hydroxylation is 1. The second-order valence-corrected chi connectivity index (χ2v) is 4.71. The van der Waals surface area contributed by atoms with Gasteiger partial charge in [0.05, 0.1) is 24.8 Å². The Kier molecular flexibility index (Phi) is 3.06. The standard InChI is InChI=1S/C16H14N2O2/c1-10-7-8-17-16-15(10)14(19)9-13(18-16)11-3-5-12(20-2)6-4-11/h3-8H,9H2,1-2H3. The van der Waals surface area contributed by atoms with Crippen LogP contribution in [-0.2, 0) is 0 Å². The van der Waals surface area contributed by atoms with Crippen molar-refractivity contribution in [1.82, 2.24) is 4.98 Å². The highest BCUT2D eigenvalue weighted by atomic mass is 16.5. The molecule has 100 valence electrons. The van der Waals surface area contributed by atoms with E-state index in [1.54, 1.807) is 13.3 Å². The van der Waals surface area contributed by atoms with Gasteiger partial charge in [-0.1, -0.05) is 0 Å². The summed E-state index contributed by atoms with van der Waals surface area (Å²) >= 11 is 0. The molecule has 3 rings (SSSR count). The summed E-state index contributed by atoms with van der Waals surface area (Å²) < 4.78 is 5.13. The number of nitrogens with zero attached hydrogens (tertiary/aromatic N) is 2. The van der Waals surface area contributed by atoms with Gasteiger partial charge in [0.25, 0.3) is 0 Å². The number of rotatable bonds is 2. The molecule has 0 saturated carbocycles.